The summed E-state index contributed by atoms with van der Waals surface area (Å²) in [5.74, 6) is 0.456. The Labute approximate surface area is 151 Å². The van der Waals surface area contributed by atoms with Gasteiger partial charge in [0.1, 0.15) is 0 Å². The van der Waals surface area contributed by atoms with Crippen LogP contribution in [0.3, 0.4) is 0 Å². The summed E-state index contributed by atoms with van der Waals surface area (Å²) in [6.07, 6.45) is 0. The Hall–Kier alpha value is -1.81. The number of carbonyl (C=O) groups excluding carboxylic acids is 1. The summed E-state index contributed by atoms with van der Waals surface area (Å²) >= 11 is 1.89. The van der Waals surface area contributed by atoms with Gasteiger partial charge in [0, 0.05) is 0 Å². The van der Waals surface area contributed by atoms with Crippen LogP contribution >= 0.6 is 11.8 Å². The first-order valence-corrected chi connectivity index (χ1v) is 10.3. The molecular formula is C19H17NO2SSe. The third kappa shape index (κ3) is 3.99. The van der Waals surface area contributed by atoms with E-state index in [9.17, 15) is 4.79 Å². The molecular weight excluding hydrogens is 385 g/mol. The van der Waals surface area contributed by atoms with Gasteiger partial charge in [0.2, 0.25) is 0 Å². The first-order valence-electron chi connectivity index (χ1n) is 7.49. The molecule has 24 heavy (non-hydrogen) atoms. The van der Waals surface area contributed by atoms with E-state index in [2.05, 4.69) is 36.1 Å². The summed E-state index contributed by atoms with van der Waals surface area (Å²) in [4.78, 5) is 19.7. The van der Waals surface area contributed by atoms with Crippen molar-refractivity contribution < 1.29 is 9.53 Å². The minimum absolute atomic E-state index is 0.271. The van der Waals surface area contributed by atoms with Crippen LogP contribution in [0, 0.1) is 6.92 Å². The van der Waals surface area contributed by atoms with Gasteiger partial charge in [-0.3, -0.25) is 0 Å². The van der Waals surface area contributed by atoms with Crippen molar-refractivity contribution in [1.29, 1.82) is 0 Å². The van der Waals surface area contributed by atoms with Crippen molar-refractivity contribution in [3.05, 3.63) is 70.3 Å². The van der Waals surface area contributed by atoms with Crippen molar-refractivity contribution in [2.75, 3.05) is 7.11 Å². The minimum atomic E-state index is -0.299. The van der Waals surface area contributed by atoms with E-state index in [1.54, 1.807) is 17.8 Å². The van der Waals surface area contributed by atoms with Gasteiger partial charge in [-0.25, -0.2) is 0 Å². The zero-order valence-electron chi connectivity index (χ0n) is 13.5. The van der Waals surface area contributed by atoms with E-state index >= 15 is 0 Å². The van der Waals surface area contributed by atoms with E-state index in [0.29, 0.717) is 5.56 Å². The molecule has 3 aromatic rings. The Morgan fingerprint density at radius 1 is 1.17 bits per heavy atom. The van der Waals surface area contributed by atoms with Crippen LogP contribution < -0.4 is 0 Å². The fourth-order valence-electron chi connectivity index (χ4n) is 2.22. The van der Waals surface area contributed by atoms with E-state index in [4.69, 9.17) is 9.72 Å². The molecule has 0 amide bonds. The third-order valence-electron chi connectivity index (χ3n) is 3.52. The standard InChI is InChI=1S/C19H17NO2SSe/c1-13-7-9-14(10-8-13)18-20-15(12-24-18)11-23-17-6-4-3-5-16(17)19(21)22-2/h3-10,12H,11H2,1-2H3. The van der Waals surface area contributed by atoms with Gasteiger partial charge in [0.15, 0.2) is 0 Å². The molecule has 0 fully saturated rings. The summed E-state index contributed by atoms with van der Waals surface area (Å²) in [5.41, 5.74) is 4.15. The molecule has 0 aliphatic heterocycles. The molecule has 0 atom stereocenters. The summed E-state index contributed by atoms with van der Waals surface area (Å²) in [7, 11) is 1.41. The first-order chi connectivity index (χ1) is 11.7. The predicted octanol–water partition coefficient (Wildman–Crippen LogP) is 4.19. The molecule has 0 saturated carbocycles. The van der Waals surface area contributed by atoms with Gasteiger partial charge in [-0.2, -0.15) is 0 Å². The number of thioether (sulfide) groups is 1. The van der Waals surface area contributed by atoms with Crippen molar-refractivity contribution in [3.8, 4) is 10.1 Å². The number of hydrogen-bond acceptors (Lipinski definition) is 4. The monoisotopic (exact) mass is 403 g/mol. The molecule has 0 bridgehead atoms. The van der Waals surface area contributed by atoms with Crippen molar-refractivity contribution >= 4 is 32.2 Å². The first kappa shape index (κ1) is 17.0. The zero-order valence-corrected chi connectivity index (χ0v) is 16.0. The van der Waals surface area contributed by atoms with Crippen molar-refractivity contribution in [2.24, 2.45) is 0 Å². The van der Waals surface area contributed by atoms with Crippen LogP contribution in [0.4, 0.5) is 0 Å². The van der Waals surface area contributed by atoms with Gasteiger partial charge in [-0.1, -0.05) is 0 Å². The summed E-state index contributed by atoms with van der Waals surface area (Å²) in [5, 5.41) is 0. The molecule has 3 nitrogen and oxygen atoms in total. The van der Waals surface area contributed by atoms with Crippen molar-refractivity contribution in [3.63, 3.8) is 0 Å². The molecule has 0 saturated heterocycles. The van der Waals surface area contributed by atoms with E-state index < -0.39 is 0 Å². The quantitative estimate of drug-likeness (QED) is 0.364. The van der Waals surface area contributed by atoms with Gasteiger partial charge < -0.3 is 0 Å². The number of nitrogens with zero attached hydrogens (tertiary/aromatic N) is 1. The predicted molar refractivity (Wildman–Crippen MR) is 98.7 cm³/mol. The summed E-state index contributed by atoms with van der Waals surface area (Å²) < 4.78 is 6.01. The maximum absolute atomic E-state index is 11.8. The van der Waals surface area contributed by atoms with Gasteiger partial charge >= 0.3 is 152 Å². The van der Waals surface area contributed by atoms with E-state index in [1.807, 2.05) is 18.2 Å². The SMILES string of the molecule is COC(=O)c1ccccc1SCc1c[se]c(-c2ccc(C)cc2)n1. The second-order valence-corrected chi connectivity index (χ2v) is 8.10. The van der Waals surface area contributed by atoms with Crippen LogP contribution in [0.1, 0.15) is 21.6 Å². The van der Waals surface area contributed by atoms with Crippen LogP contribution in [-0.4, -0.2) is 32.6 Å². The summed E-state index contributed by atoms with van der Waals surface area (Å²) in [6, 6.07) is 16.0. The molecule has 0 N–H and O–H groups in total. The number of benzene rings is 2. The average molecular weight is 402 g/mol. The molecule has 0 unspecified atom stereocenters. The molecule has 1 heterocycles. The number of rotatable bonds is 5. The van der Waals surface area contributed by atoms with Gasteiger partial charge in [-0.05, 0) is 0 Å². The Balaban J connectivity index is 1.72. The van der Waals surface area contributed by atoms with Crippen LogP contribution in [0.2, 0.25) is 0 Å². The average Bonchev–Trinajstić information content (AvgIpc) is 3.09. The number of carbonyl (C=O) groups is 1. The number of esters is 1. The molecule has 0 spiro atoms. The maximum atomic E-state index is 11.8. The number of ether oxygens (including phenoxy) is 1. The molecule has 5 heteroatoms. The fourth-order valence-corrected chi connectivity index (χ4v) is 5.13. The number of aryl methyl sites for hydroxylation is 1. The fraction of sp³-hybridized carbons (Fsp3) is 0.158. The zero-order chi connectivity index (χ0) is 16.9. The second-order valence-electron chi connectivity index (χ2n) is 5.29. The normalized spacial score (nSPS) is 10.6. The molecule has 2 aromatic carbocycles. The topological polar surface area (TPSA) is 39.2 Å². The van der Waals surface area contributed by atoms with E-state index in [0.717, 1.165) is 16.3 Å². The molecule has 3 rings (SSSR count). The van der Waals surface area contributed by atoms with Crippen LogP contribution in [0.15, 0.2) is 58.4 Å². The Morgan fingerprint density at radius 3 is 2.67 bits per heavy atom. The van der Waals surface area contributed by atoms with Crippen LogP contribution in [-0.2, 0) is 10.5 Å². The number of methoxy groups -OCH3 is 1. The Kier molecular flexibility index (Phi) is 5.56. The third-order valence-corrected chi connectivity index (χ3v) is 6.60. The molecule has 1 aromatic heterocycles. The molecule has 0 aliphatic rings. The van der Waals surface area contributed by atoms with Gasteiger partial charge in [-0.15, -0.1) is 0 Å². The molecule has 0 radical (unpaired) electrons. The van der Waals surface area contributed by atoms with Crippen LogP contribution in [0.5, 0.6) is 0 Å². The van der Waals surface area contributed by atoms with E-state index in [1.165, 1.54) is 22.8 Å². The van der Waals surface area contributed by atoms with Crippen molar-refractivity contribution in [2.45, 2.75) is 17.6 Å². The van der Waals surface area contributed by atoms with Gasteiger partial charge in [0.25, 0.3) is 0 Å². The molecule has 0 aliphatic carbocycles. The van der Waals surface area contributed by atoms with Crippen LogP contribution in [0.25, 0.3) is 10.1 Å². The van der Waals surface area contributed by atoms with E-state index in [-0.39, 0.29) is 20.5 Å². The number of hydrogen-bond donors (Lipinski definition) is 0. The van der Waals surface area contributed by atoms with Gasteiger partial charge in [0.05, 0.1) is 0 Å². The molecule has 122 valence electrons. The Bertz CT molecular complexity index is 843. The number of aromatic nitrogens is 1. The Morgan fingerprint density at radius 2 is 1.92 bits per heavy atom. The van der Waals surface area contributed by atoms with Crippen molar-refractivity contribution in [1.82, 2.24) is 4.98 Å². The summed E-state index contributed by atoms with van der Waals surface area (Å²) in [6.45, 7) is 2.09. The second kappa shape index (κ2) is 7.84.